The second-order valence-electron chi connectivity index (χ2n) is 27.3. The van der Waals surface area contributed by atoms with E-state index in [0.717, 1.165) is 108 Å². The average molecular weight is 1350 g/mol. The Hall–Kier alpha value is -1.94. The van der Waals surface area contributed by atoms with E-state index in [1.807, 2.05) is 0 Å². The van der Waals surface area contributed by atoms with E-state index in [2.05, 4.69) is 41.5 Å². The Morgan fingerprint density at radius 3 is 0.739 bits per heavy atom. The second kappa shape index (κ2) is 65.0. The molecular weight excluding hydrogens is 1210 g/mol. The molecule has 0 radical (unpaired) electrons. The summed E-state index contributed by atoms with van der Waals surface area (Å²) in [6.45, 7) is 9.55. The van der Waals surface area contributed by atoms with Gasteiger partial charge in [-0.2, -0.15) is 0 Å². The number of unbranched alkanes of at least 4 members (excludes halogenated alkanes) is 42. The van der Waals surface area contributed by atoms with E-state index in [4.69, 9.17) is 37.0 Å². The van der Waals surface area contributed by atoms with Gasteiger partial charge in [-0.1, -0.05) is 324 Å². The normalized spacial score (nSPS) is 14.1. The van der Waals surface area contributed by atoms with Crippen molar-refractivity contribution in [3.8, 4) is 0 Å². The summed E-state index contributed by atoms with van der Waals surface area (Å²) in [7, 11) is -9.90. The molecule has 0 amide bonds. The highest BCUT2D eigenvalue weighted by Gasteiger charge is 2.30. The minimum Gasteiger partial charge on any atom is -0.462 e. The van der Waals surface area contributed by atoms with Gasteiger partial charge in [0.15, 0.2) is 12.2 Å². The van der Waals surface area contributed by atoms with Gasteiger partial charge in [0.25, 0.3) is 0 Å². The maximum atomic E-state index is 13.1. The lowest BCUT2D eigenvalue weighted by molar-refractivity contribution is -0.161. The van der Waals surface area contributed by atoms with Crippen molar-refractivity contribution in [2.75, 3.05) is 39.6 Å². The third-order valence-corrected chi connectivity index (χ3v) is 18.9. The van der Waals surface area contributed by atoms with Crippen molar-refractivity contribution in [2.45, 2.75) is 394 Å². The molecule has 0 aliphatic rings. The van der Waals surface area contributed by atoms with Crippen LogP contribution in [0.25, 0.3) is 0 Å². The van der Waals surface area contributed by atoms with Crippen molar-refractivity contribution in [3.05, 3.63) is 0 Å². The van der Waals surface area contributed by atoms with Gasteiger partial charge in [-0.15, -0.1) is 0 Å². The van der Waals surface area contributed by atoms with Crippen LogP contribution >= 0.6 is 15.6 Å². The van der Waals surface area contributed by atoms with Gasteiger partial charge < -0.3 is 33.8 Å². The first-order valence-electron chi connectivity index (χ1n) is 38.0. The van der Waals surface area contributed by atoms with E-state index in [1.165, 1.54) is 186 Å². The number of phosphoric acid groups is 2. The van der Waals surface area contributed by atoms with Gasteiger partial charge in [-0.05, 0) is 37.5 Å². The van der Waals surface area contributed by atoms with Gasteiger partial charge in [-0.3, -0.25) is 37.3 Å². The zero-order valence-corrected chi connectivity index (χ0v) is 61.6. The maximum absolute atomic E-state index is 13.1. The van der Waals surface area contributed by atoms with E-state index in [9.17, 15) is 43.2 Å². The summed E-state index contributed by atoms with van der Waals surface area (Å²) in [6.07, 6.45) is 51.3. The van der Waals surface area contributed by atoms with E-state index >= 15 is 0 Å². The Morgan fingerprint density at radius 2 is 0.500 bits per heavy atom. The Morgan fingerprint density at radius 1 is 0.293 bits per heavy atom. The van der Waals surface area contributed by atoms with Crippen molar-refractivity contribution in [1.29, 1.82) is 0 Å². The highest BCUT2D eigenvalue weighted by molar-refractivity contribution is 7.47. The van der Waals surface area contributed by atoms with Gasteiger partial charge in [-0.25, -0.2) is 9.13 Å². The zero-order valence-electron chi connectivity index (χ0n) is 59.9. The predicted octanol–water partition coefficient (Wildman–Crippen LogP) is 21.2. The first kappa shape index (κ1) is 90.1. The monoisotopic (exact) mass is 1350 g/mol. The van der Waals surface area contributed by atoms with Gasteiger partial charge in [0.2, 0.25) is 0 Å². The van der Waals surface area contributed by atoms with Crippen molar-refractivity contribution in [3.63, 3.8) is 0 Å². The largest absolute Gasteiger partial charge is 0.472 e. The highest BCUT2D eigenvalue weighted by Crippen LogP contribution is 2.45. The number of hydrogen-bond donors (Lipinski definition) is 3. The summed E-state index contributed by atoms with van der Waals surface area (Å²) >= 11 is 0. The third-order valence-electron chi connectivity index (χ3n) is 17.0. The van der Waals surface area contributed by atoms with Crippen LogP contribution in [-0.4, -0.2) is 96.7 Å². The van der Waals surface area contributed by atoms with Gasteiger partial charge in [0.05, 0.1) is 26.4 Å². The van der Waals surface area contributed by atoms with E-state index < -0.39 is 97.5 Å². The molecular formula is C73H142O17P2. The number of phosphoric ester groups is 2. The minimum atomic E-state index is -4.95. The molecule has 0 aromatic carbocycles. The molecule has 0 aromatic heterocycles. The fourth-order valence-electron chi connectivity index (χ4n) is 11.1. The molecule has 5 atom stereocenters. The van der Waals surface area contributed by atoms with Crippen LogP contribution in [-0.2, 0) is 65.4 Å². The van der Waals surface area contributed by atoms with Crippen molar-refractivity contribution < 1.29 is 80.2 Å². The molecule has 0 bridgehead atoms. The fourth-order valence-corrected chi connectivity index (χ4v) is 12.7. The Kier molecular flexibility index (Phi) is 63.7. The average Bonchev–Trinajstić information content (AvgIpc) is 1.67. The topological polar surface area (TPSA) is 237 Å². The first-order chi connectivity index (χ1) is 44.4. The van der Waals surface area contributed by atoms with Crippen LogP contribution in [0, 0.1) is 11.8 Å². The maximum Gasteiger partial charge on any atom is 0.472 e. The van der Waals surface area contributed by atoms with Gasteiger partial charge in [0.1, 0.15) is 19.3 Å². The lowest BCUT2D eigenvalue weighted by Crippen LogP contribution is -2.30. The van der Waals surface area contributed by atoms with Crippen LogP contribution in [0.1, 0.15) is 375 Å². The van der Waals surface area contributed by atoms with Crippen molar-refractivity contribution in [2.24, 2.45) is 11.8 Å². The summed E-state index contributed by atoms with van der Waals surface area (Å²) in [4.78, 5) is 72.6. The fraction of sp³-hybridized carbons (Fsp3) is 0.945. The molecule has 0 heterocycles. The number of aliphatic hydroxyl groups is 1. The lowest BCUT2D eigenvalue weighted by atomic mass is 10.0. The summed E-state index contributed by atoms with van der Waals surface area (Å²) in [6, 6.07) is 0. The van der Waals surface area contributed by atoms with Crippen molar-refractivity contribution in [1.82, 2.24) is 0 Å². The van der Waals surface area contributed by atoms with Crippen LogP contribution in [0.4, 0.5) is 0 Å². The Balaban J connectivity index is 5.22. The standard InChI is InChI=1S/C73H142O17P2/c1-7-9-11-13-15-17-18-19-20-21-22-27-33-39-45-51-57-72(77)90-69(62-84-71(76)56-50-44-38-32-26-24-23-25-30-35-41-47-53-65(3)4)64-88-92(81,82)86-60-67(74)59-85-91(79,80)87-63-68(61-83-70(75)55-49-43-37-16-14-12-10-8-2)89-73(78)58-52-46-40-34-29-28-31-36-42-48-54-66(5)6/h65-69,74H,7-64H2,1-6H3,(H,79,80)(H,81,82)/t67-,68+,69+/m0/s1. The first-order valence-corrected chi connectivity index (χ1v) is 41.0. The SMILES string of the molecule is CCCCCCCCCCCCCCCCCCC(=O)O[C@H](COC(=O)CCCCCCCCCCCCCCC(C)C)COP(=O)(O)OC[C@@H](O)COP(=O)(O)OC[C@@H](COC(=O)CCCCCCCCCC)OC(=O)CCCCCCCCCCCCC(C)C. The van der Waals surface area contributed by atoms with Crippen molar-refractivity contribution >= 4 is 39.5 Å². The summed E-state index contributed by atoms with van der Waals surface area (Å²) < 4.78 is 68.4. The van der Waals surface area contributed by atoms with Crippen LogP contribution < -0.4 is 0 Å². The quantitative estimate of drug-likeness (QED) is 0.0222. The summed E-state index contributed by atoms with van der Waals surface area (Å²) in [5, 5.41) is 10.6. The number of hydrogen-bond acceptors (Lipinski definition) is 15. The summed E-state index contributed by atoms with van der Waals surface area (Å²) in [5.41, 5.74) is 0. The van der Waals surface area contributed by atoms with E-state index in [1.54, 1.807) is 0 Å². The van der Waals surface area contributed by atoms with Crippen LogP contribution in [0.15, 0.2) is 0 Å². The molecule has 0 spiro atoms. The molecule has 546 valence electrons. The third kappa shape index (κ3) is 66.7. The second-order valence-corrected chi connectivity index (χ2v) is 30.2. The number of ether oxygens (including phenoxy) is 4. The molecule has 92 heavy (non-hydrogen) atoms. The van der Waals surface area contributed by atoms with Gasteiger partial charge in [0, 0.05) is 25.7 Å². The smallest absolute Gasteiger partial charge is 0.462 e. The number of carbonyl (C=O) groups is 4. The number of aliphatic hydroxyl groups excluding tert-OH is 1. The molecule has 0 aromatic rings. The predicted molar refractivity (Wildman–Crippen MR) is 372 cm³/mol. The number of esters is 4. The molecule has 17 nitrogen and oxygen atoms in total. The van der Waals surface area contributed by atoms with Gasteiger partial charge >= 0.3 is 39.5 Å². The molecule has 0 fully saturated rings. The van der Waals surface area contributed by atoms with Crippen LogP contribution in [0.3, 0.4) is 0 Å². The summed E-state index contributed by atoms with van der Waals surface area (Å²) in [5.74, 6) is -0.587. The van der Waals surface area contributed by atoms with Crippen LogP contribution in [0.5, 0.6) is 0 Å². The van der Waals surface area contributed by atoms with E-state index in [0.29, 0.717) is 25.7 Å². The Bertz CT molecular complexity index is 1790. The number of rotatable bonds is 72. The zero-order chi connectivity index (χ0) is 67.9. The molecule has 0 aliphatic carbocycles. The minimum absolute atomic E-state index is 0.106. The molecule has 19 heteroatoms. The molecule has 0 saturated heterocycles. The molecule has 0 saturated carbocycles. The number of carbonyl (C=O) groups excluding carboxylic acids is 4. The molecule has 0 rings (SSSR count). The Labute approximate surface area is 562 Å². The van der Waals surface area contributed by atoms with E-state index in [-0.39, 0.29) is 25.7 Å². The molecule has 3 N–H and O–H groups in total. The molecule has 2 unspecified atom stereocenters. The lowest BCUT2D eigenvalue weighted by Gasteiger charge is -2.21. The highest BCUT2D eigenvalue weighted by atomic mass is 31.2. The van der Waals surface area contributed by atoms with Crippen LogP contribution in [0.2, 0.25) is 0 Å². The molecule has 0 aliphatic heterocycles.